The van der Waals surface area contributed by atoms with E-state index >= 15 is 0 Å². The first-order chi connectivity index (χ1) is 12.3. The molecule has 1 aliphatic rings. The molecule has 4 nitrogen and oxygen atoms in total. The third-order valence-electron chi connectivity index (χ3n) is 5.02. The van der Waals surface area contributed by atoms with Gasteiger partial charge in [-0.3, -0.25) is 4.90 Å². The number of aryl methyl sites for hydroxylation is 1. The maximum atomic E-state index is 5.42. The molecular formula is C21H31N3O. The highest BCUT2D eigenvalue weighted by Crippen LogP contribution is 2.08. The summed E-state index contributed by atoms with van der Waals surface area (Å²) in [6.45, 7) is 9.25. The van der Waals surface area contributed by atoms with Gasteiger partial charge in [0, 0.05) is 50.7 Å². The van der Waals surface area contributed by atoms with Crippen LogP contribution in [-0.4, -0.2) is 48.4 Å². The number of hydrogen-bond donors (Lipinski definition) is 1. The van der Waals surface area contributed by atoms with E-state index in [1.165, 1.54) is 17.7 Å². The maximum absolute atomic E-state index is 5.42. The monoisotopic (exact) mass is 341 g/mol. The van der Waals surface area contributed by atoms with Crippen LogP contribution in [0.1, 0.15) is 24.6 Å². The zero-order valence-corrected chi connectivity index (χ0v) is 15.4. The SMILES string of the molecule is C[C@@H](CCc1ccccc1)NCc1cccn1CCN1CCOCC1. The molecule has 25 heavy (non-hydrogen) atoms. The fourth-order valence-corrected chi connectivity index (χ4v) is 3.31. The molecule has 1 aliphatic heterocycles. The molecule has 0 unspecified atom stereocenters. The molecule has 0 amide bonds. The minimum absolute atomic E-state index is 0.516. The first-order valence-corrected chi connectivity index (χ1v) is 9.53. The van der Waals surface area contributed by atoms with Crippen LogP contribution < -0.4 is 5.32 Å². The van der Waals surface area contributed by atoms with Crippen LogP contribution in [0.2, 0.25) is 0 Å². The summed E-state index contributed by atoms with van der Waals surface area (Å²) < 4.78 is 7.80. The van der Waals surface area contributed by atoms with Gasteiger partial charge in [-0.15, -0.1) is 0 Å². The van der Waals surface area contributed by atoms with Crippen molar-refractivity contribution in [1.29, 1.82) is 0 Å². The quantitative estimate of drug-likeness (QED) is 0.760. The van der Waals surface area contributed by atoms with E-state index in [-0.39, 0.29) is 0 Å². The third kappa shape index (κ3) is 5.99. The summed E-state index contributed by atoms with van der Waals surface area (Å²) in [5, 5.41) is 3.68. The van der Waals surface area contributed by atoms with Crippen LogP contribution in [0.4, 0.5) is 0 Å². The highest BCUT2D eigenvalue weighted by atomic mass is 16.5. The standard InChI is InChI=1S/C21H31N3O/c1-19(9-10-20-6-3-2-4-7-20)22-18-21-8-5-11-24(21)13-12-23-14-16-25-17-15-23/h2-8,11,19,22H,9-10,12-18H2,1H3/t19-/m0/s1. The molecule has 0 spiro atoms. The van der Waals surface area contributed by atoms with Crippen molar-refractivity contribution in [2.45, 2.75) is 38.9 Å². The molecule has 1 aromatic carbocycles. The molecule has 1 atom stereocenters. The van der Waals surface area contributed by atoms with Crippen molar-refractivity contribution in [2.24, 2.45) is 0 Å². The van der Waals surface area contributed by atoms with Crippen LogP contribution in [0.5, 0.6) is 0 Å². The molecular weight excluding hydrogens is 310 g/mol. The third-order valence-corrected chi connectivity index (χ3v) is 5.02. The van der Waals surface area contributed by atoms with Crippen molar-refractivity contribution in [3.05, 3.63) is 59.9 Å². The Morgan fingerprint density at radius 2 is 1.84 bits per heavy atom. The van der Waals surface area contributed by atoms with Crippen molar-refractivity contribution in [1.82, 2.24) is 14.8 Å². The molecule has 1 saturated heterocycles. The zero-order valence-electron chi connectivity index (χ0n) is 15.4. The molecule has 136 valence electrons. The summed E-state index contributed by atoms with van der Waals surface area (Å²) in [6, 6.07) is 15.6. The Kier molecular flexibility index (Phi) is 7.10. The first kappa shape index (κ1) is 18.2. The number of rotatable bonds is 9. The van der Waals surface area contributed by atoms with E-state index in [0.29, 0.717) is 6.04 Å². The van der Waals surface area contributed by atoms with Gasteiger partial charge in [-0.2, -0.15) is 0 Å². The molecule has 1 N–H and O–H groups in total. The zero-order chi connectivity index (χ0) is 17.3. The lowest BCUT2D eigenvalue weighted by Crippen LogP contribution is -2.38. The van der Waals surface area contributed by atoms with Crippen molar-refractivity contribution in [2.75, 3.05) is 32.8 Å². The lowest BCUT2D eigenvalue weighted by Gasteiger charge is -2.27. The lowest BCUT2D eigenvalue weighted by atomic mass is 10.1. The molecule has 0 aliphatic carbocycles. The largest absolute Gasteiger partial charge is 0.379 e. The number of nitrogens with zero attached hydrogens (tertiary/aromatic N) is 2. The second-order valence-corrected chi connectivity index (χ2v) is 6.95. The summed E-state index contributed by atoms with van der Waals surface area (Å²) in [7, 11) is 0. The van der Waals surface area contributed by atoms with E-state index in [1.807, 2.05) is 0 Å². The molecule has 1 fully saturated rings. The van der Waals surface area contributed by atoms with Gasteiger partial charge in [-0.05, 0) is 37.5 Å². The van der Waals surface area contributed by atoms with Crippen LogP contribution in [0.3, 0.4) is 0 Å². The fourth-order valence-electron chi connectivity index (χ4n) is 3.31. The predicted octanol–water partition coefficient (Wildman–Crippen LogP) is 2.93. The number of benzene rings is 1. The van der Waals surface area contributed by atoms with Crippen molar-refractivity contribution in [3.8, 4) is 0 Å². The van der Waals surface area contributed by atoms with Crippen molar-refractivity contribution < 1.29 is 4.74 Å². The number of nitrogens with one attached hydrogen (secondary N) is 1. The smallest absolute Gasteiger partial charge is 0.0594 e. The summed E-state index contributed by atoms with van der Waals surface area (Å²) in [5.41, 5.74) is 2.80. The van der Waals surface area contributed by atoms with Gasteiger partial charge in [0.2, 0.25) is 0 Å². The van der Waals surface area contributed by atoms with Gasteiger partial charge >= 0.3 is 0 Å². The summed E-state index contributed by atoms with van der Waals surface area (Å²) in [5.74, 6) is 0. The number of morpholine rings is 1. The normalized spacial score (nSPS) is 16.8. The predicted molar refractivity (Wildman–Crippen MR) is 103 cm³/mol. The van der Waals surface area contributed by atoms with Gasteiger partial charge in [0.15, 0.2) is 0 Å². The lowest BCUT2D eigenvalue weighted by molar-refractivity contribution is 0.0363. The number of ether oxygens (including phenoxy) is 1. The van der Waals surface area contributed by atoms with Gasteiger partial charge in [0.1, 0.15) is 0 Å². The average molecular weight is 341 g/mol. The fraction of sp³-hybridized carbons (Fsp3) is 0.524. The average Bonchev–Trinajstić information content (AvgIpc) is 3.12. The van der Waals surface area contributed by atoms with E-state index < -0.39 is 0 Å². The van der Waals surface area contributed by atoms with Crippen molar-refractivity contribution in [3.63, 3.8) is 0 Å². The Balaban J connectivity index is 1.39. The van der Waals surface area contributed by atoms with Crippen LogP contribution in [0.15, 0.2) is 48.7 Å². The van der Waals surface area contributed by atoms with Crippen LogP contribution in [0.25, 0.3) is 0 Å². The highest BCUT2D eigenvalue weighted by Gasteiger charge is 2.11. The molecule has 3 rings (SSSR count). The van der Waals surface area contributed by atoms with Gasteiger partial charge in [0.05, 0.1) is 13.2 Å². The maximum Gasteiger partial charge on any atom is 0.0594 e. The minimum Gasteiger partial charge on any atom is -0.379 e. The molecule has 0 radical (unpaired) electrons. The van der Waals surface area contributed by atoms with E-state index in [4.69, 9.17) is 4.74 Å². The van der Waals surface area contributed by atoms with Crippen LogP contribution in [-0.2, 0) is 24.2 Å². The second kappa shape index (κ2) is 9.76. The van der Waals surface area contributed by atoms with Crippen molar-refractivity contribution >= 4 is 0 Å². The van der Waals surface area contributed by atoms with Crippen LogP contribution >= 0.6 is 0 Å². The number of hydrogen-bond acceptors (Lipinski definition) is 3. The number of aromatic nitrogens is 1. The van der Waals surface area contributed by atoms with Gasteiger partial charge in [0.25, 0.3) is 0 Å². The summed E-state index contributed by atoms with van der Waals surface area (Å²) >= 11 is 0. The molecule has 4 heteroatoms. The molecule has 0 bridgehead atoms. The van der Waals surface area contributed by atoms with Gasteiger partial charge in [-0.25, -0.2) is 0 Å². The van der Waals surface area contributed by atoms with Gasteiger partial charge in [-0.1, -0.05) is 30.3 Å². The molecule has 0 saturated carbocycles. The molecule has 1 aromatic heterocycles. The molecule has 2 aromatic rings. The Morgan fingerprint density at radius 3 is 2.64 bits per heavy atom. The Labute approximate surface area is 151 Å². The van der Waals surface area contributed by atoms with E-state index in [1.54, 1.807) is 0 Å². The minimum atomic E-state index is 0.516. The van der Waals surface area contributed by atoms with E-state index in [0.717, 1.165) is 52.4 Å². The highest BCUT2D eigenvalue weighted by molar-refractivity contribution is 5.14. The Bertz CT molecular complexity index is 605. The summed E-state index contributed by atoms with van der Waals surface area (Å²) in [4.78, 5) is 2.49. The van der Waals surface area contributed by atoms with E-state index in [9.17, 15) is 0 Å². The summed E-state index contributed by atoms with van der Waals surface area (Å²) in [6.07, 6.45) is 4.50. The van der Waals surface area contributed by atoms with Gasteiger partial charge < -0.3 is 14.6 Å². The second-order valence-electron chi connectivity index (χ2n) is 6.95. The Hall–Kier alpha value is -1.62. The topological polar surface area (TPSA) is 29.4 Å². The molecule has 2 heterocycles. The van der Waals surface area contributed by atoms with E-state index in [2.05, 4.69) is 70.4 Å². The van der Waals surface area contributed by atoms with Crippen LogP contribution in [0, 0.1) is 0 Å². The Morgan fingerprint density at radius 1 is 1.04 bits per heavy atom. The first-order valence-electron chi connectivity index (χ1n) is 9.53.